The van der Waals surface area contributed by atoms with Gasteiger partial charge in [0.15, 0.2) is 11.6 Å². The fraction of sp³-hybridized carbons (Fsp3) is 0.364. The summed E-state index contributed by atoms with van der Waals surface area (Å²) in [5.41, 5.74) is 0.0242. The Morgan fingerprint density at radius 1 is 1.40 bits per heavy atom. The summed E-state index contributed by atoms with van der Waals surface area (Å²) in [4.78, 5) is 11.1. The second-order valence-electron chi connectivity index (χ2n) is 3.11. The highest BCUT2D eigenvalue weighted by Gasteiger charge is 2.11. The second-order valence-corrected chi connectivity index (χ2v) is 3.11. The van der Waals surface area contributed by atoms with Gasteiger partial charge in [-0.15, -0.1) is 0 Å². The predicted molar refractivity (Wildman–Crippen MR) is 51.3 cm³/mol. The van der Waals surface area contributed by atoms with Crippen molar-refractivity contribution < 1.29 is 18.3 Å². The van der Waals surface area contributed by atoms with Crippen LogP contribution in [0.25, 0.3) is 0 Å². The maximum absolute atomic E-state index is 13.1. The molecule has 0 saturated heterocycles. The molecule has 0 amide bonds. The quantitative estimate of drug-likeness (QED) is 0.719. The predicted octanol–water partition coefficient (Wildman–Crippen LogP) is 2.46. The number of hydrogen-bond acceptors (Lipinski definition) is 2. The molecular formula is C11H12F2O2. The third kappa shape index (κ3) is 3.31. The number of halogens is 2. The molecule has 0 bridgehead atoms. The minimum atomic E-state index is -0.981. The van der Waals surface area contributed by atoms with Gasteiger partial charge in [-0.25, -0.2) is 8.78 Å². The van der Waals surface area contributed by atoms with Crippen molar-refractivity contribution in [3.63, 3.8) is 0 Å². The zero-order valence-corrected chi connectivity index (χ0v) is 8.43. The van der Waals surface area contributed by atoms with Crippen LogP contribution < -0.4 is 0 Å². The molecule has 0 aliphatic carbocycles. The number of ether oxygens (including phenoxy) is 1. The summed E-state index contributed by atoms with van der Waals surface area (Å²) in [6, 6.07) is 3.74. The molecule has 0 aromatic heterocycles. The van der Waals surface area contributed by atoms with E-state index in [1.165, 1.54) is 12.1 Å². The Hall–Kier alpha value is -1.45. The van der Waals surface area contributed by atoms with Crippen molar-refractivity contribution in [3.8, 4) is 0 Å². The highest BCUT2D eigenvalue weighted by molar-refractivity contribution is 5.72. The van der Waals surface area contributed by atoms with Crippen LogP contribution in [-0.4, -0.2) is 12.6 Å². The Kier molecular flexibility index (Phi) is 4.21. The zero-order chi connectivity index (χ0) is 11.3. The lowest BCUT2D eigenvalue weighted by Gasteiger charge is -2.04. The largest absolute Gasteiger partial charge is 0.465 e. The van der Waals surface area contributed by atoms with Crippen LogP contribution in [-0.2, 0) is 16.0 Å². The molecule has 0 fully saturated rings. The molecule has 0 saturated carbocycles. The molecule has 4 heteroatoms. The van der Waals surface area contributed by atoms with E-state index in [4.69, 9.17) is 4.74 Å². The Balaban J connectivity index is 2.64. The number of esters is 1. The van der Waals surface area contributed by atoms with Crippen molar-refractivity contribution in [1.82, 2.24) is 0 Å². The lowest BCUT2D eigenvalue weighted by Crippen LogP contribution is -2.10. The Bertz CT molecular complexity index is 350. The summed E-state index contributed by atoms with van der Waals surface area (Å²) in [5.74, 6) is -2.47. The molecule has 0 radical (unpaired) electrons. The fourth-order valence-electron chi connectivity index (χ4n) is 1.11. The molecule has 1 aromatic rings. The van der Waals surface area contributed by atoms with Gasteiger partial charge in [-0.3, -0.25) is 4.79 Å². The maximum atomic E-state index is 13.1. The van der Waals surface area contributed by atoms with Crippen LogP contribution in [0.1, 0.15) is 18.9 Å². The van der Waals surface area contributed by atoms with Gasteiger partial charge in [-0.2, -0.15) is 0 Å². The smallest absolute Gasteiger partial charge is 0.310 e. The maximum Gasteiger partial charge on any atom is 0.310 e. The topological polar surface area (TPSA) is 26.3 Å². The van der Waals surface area contributed by atoms with Gasteiger partial charge in [0.25, 0.3) is 0 Å². The Labute approximate surface area is 86.9 Å². The second kappa shape index (κ2) is 5.44. The van der Waals surface area contributed by atoms with E-state index in [2.05, 4.69) is 0 Å². The molecule has 0 unspecified atom stereocenters. The van der Waals surface area contributed by atoms with Crippen LogP contribution in [0.5, 0.6) is 0 Å². The first-order valence-electron chi connectivity index (χ1n) is 4.73. The molecular weight excluding hydrogens is 202 g/mol. The summed E-state index contributed by atoms with van der Waals surface area (Å²) in [6.07, 6.45) is 0.473. The molecule has 0 aliphatic heterocycles. The molecule has 15 heavy (non-hydrogen) atoms. The molecule has 0 N–H and O–H groups in total. The van der Waals surface area contributed by atoms with E-state index in [1.807, 2.05) is 6.92 Å². The molecule has 1 aromatic carbocycles. The monoisotopic (exact) mass is 214 g/mol. The van der Waals surface area contributed by atoms with E-state index < -0.39 is 17.6 Å². The van der Waals surface area contributed by atoms with Crippen molar-refractivity contribution in [2.75, 3.05) is 6.61 Å². The van der Waals surface area contributed by atoms with Crippen LogP contribution in [0.4, 0.5) is 8.78 Å². The molecule has 0 spiro atoms. The van der Waals surface area contributed by atoms with Crippen LogP contribution in [0.3, 0.4) is 0 Å². The zero-order valence-electron chi connectivity index (χ0n) is 8.43. The first kappa shape index (κ1) is 11.6. The van der Waals surface area contributed by atoms with Crippen molar-refractivity contribution in [2.24, 2.45) is 0 Å². The summed E-state index contributed by atoms with van der Waals surface area (Å²) in [5, 5.41) is 0. The van der Waals surface area contributed by atoms with Gasteiger partial charge >= 0.3 is 5.97 Å². The van der Waals surface area contributed by atoms with E-state index in [1.54, 1.807) is 0 Å². The van der Waals surface area contributed by atoms with Gasteiger partial charge < -0.3 is 4.74 Å². The summed E-state index contributed by atoms with van der Waals surface area (Å²) in [7, 11) is 0. The standard InChI is InChI=1S/C11H12F2O2/c1-2-6-15-10(14)7-8-4-3-5-9(12)11(8)13/h3-5H,2,6-7H2,1H3. The van der Waals surface area contributed by atoms with Gasteiger partial charge in [0.1, 0.15) is 0 Å². The summed E-state index contributed by atoms with van der Waals surface area (Å²) >= 11 is 0. The lowest BCUT2D eigenvalue weighted by molar-refractivity contribution is -0.142. The number of carbonyl (C=O) groups is 1. The third-order valence-electron chi connectivity index (χ3n) is 1.83. The summed E-state index contributed by atoms with van der Waals surface area (Å²) < 4.78 is 30.6. The van der Waals surface area contributed by atoms with Gasteiger partial charge in [0.05, 0.1) is 13.0 Å². The molecule has 0 aliphatic rings. The van der Waals surface area contributed by atoms with Crippen LogP contribution >= 0.6 is 0 Å². The average Bonchev–Trinajstić information content (AvgIpc) is 2.22. The normalized spacial score (nSPS) is 10.1. The van der Waals surface area contributed by atoms with E-state index >= 15 is 0 Å². The van der Waals surface area contributed by atoms with Gasteiger partial charge in [-0.05, 0) is 12.5 Å². The van der Waals surface area contributed by atoms with E-state index in [9.17, 15) is 13.6 Å². The minimum Gasteiger partial charge on any atom is -0.465 e. The summed E-state index contributed by atoms with van der Waals surface area (Å²) in [6.45, 7) is 2.16. The van der Waals surface area contributed by atoms with Gasteiger partial charge in [0, 0.05) is 5.56 Å². The van der Waals surface area contributed by atoms with E-state index in [-0.39, 0.29) is 12.0 Å². The number of benzene rings is 1. The van der Waals surface area contributed by atoms with Gasteiger partial charge in [0.2, 0.25) is 0 Å². The van der Waals surface area contributed by atoms with E-state index in [0.717, 1.165) is 6.07 Å². The SMILES string of the molecule is CCCOC(=O)Cc1cccc(F)c1F. The van der Waals surface area contributed by atoms with Crippen molar-refractivity contribution in [1.29, 1.82) is 0 Å². The lowest BCUT2D eigenvalue weighted by atomic mass is 10.1. The first-order chi connectivity index (χ1) is 7.15. The number of rotatable bonds is 4. The Morgan fingerprint density at radius 3 is 2.80 bits per heavy atom. The Morgan fingerprint density at radius 2 is 2.13 bits per heavy atom. The van der Waals surface area contributed by atoms with Crippen molar-refractivity contribution in [3.05, 3.63) is 35.4 Å². The highest BCUT2D eigenvalue weighted by atomic mass is 19.2. The van der Waals surface area contributed by atoms with Crippen molar-refractivity contribution in [2.45, 2.75) is 19.8 Å². The van der Waals surface area contributed by atoms with E-state index in [0.29, 0.717) is 13.0 Å². The highest BCUT2D eigenvalue weighted by Crippen LogP contribution is 2.12. The fourth-order valence-corrected chi connectivity index (χ4v) is 1.11. The first-order valence-corrected chi connectivity index (χ1v) is 4.73. The third-order valence-corrected chi connectivity index (χ3v) is 1.83. The average molecular weight is 214 g/mol. The molecule has 2 nitrogen and oxygen atoms in total. The van der Waals surface area contributed by atoms with Crippen molar-refractivity contribution >= 4 is 5.97 Å². The molecule has 0 atom stereocenters. The van der Waals surface area contributed by atoms with Crippen LogP contribution in [0.15, 0.2) is 18.2 Å². The van der Waals surface area contributed by atoms with Crippen LogP contribution in [0, 0.1) is 11.6 Å². The van der Waals surface area contributed by atoms with Gasteiger partial charge in [-0.1, -0.05) is 19.1 Å². The number of carbonyl (C=O) groups excluding carboxylic acids is 1. The molecule has 1 rings (SSSR count). The van der Waals surface area contributed by atoms with Crippen LogP contribution in [0.2, 0.25) is 0 Å². The molecule has 0 heterocycles. The molecule has 82 valence electrons. The number of hydrogen-bond donors (Lipinski definition) is 0. The minimum absolute atomic E-state index is 0.0242.